The van der Waals surface area contributed by atoms with E-state index in [-0.39, 0.29) is 5.41 Å². The number of fused-ring (bicyclic) bond motifs is 10. The summed E-state index contributed by atoms with van der Waals surface area (Å²) in [5, 5.41) is 6.96. The number of hydrogen-bond acceptors (Lipinski definition) is 7. The molecule has 4 aromatic heterocycles. The molecular weight excluding hydrogens is 1300 g/mol. The van der Waals surface area contributed by atoms with Gasteiger partial charge in [-0.2, -0.15) is 0 Å². The molecule has 1 aliphatic carbocycles. The third kappa shape index (κ3) is 11.3. The highest BCUT2D eigenvalue weighted by Crippen LogP contribution is 2.52. The molecule has 0 fully saturated rings. The van der Waals surface area contributed by atoms with E-state index in [0.29, 0.717) is 23.3 Å². The van der Waals surface area contributed by atoms with Crippen molar-refractivity contribution < 1.29 is 4.42 Å². The van der Waals surface area contributed by atoms with Gasteiger partial charge in [0, 0.05) is 80.9 Å². The lowest BCUT2D eigenvalue weighted by Gasteiger charge is -2.22. The number of furan rings is 1. The van der Waals surface area contributed by atoms with Crippen molar-refractivity contribution in [2.75, 3.05) is 0 Å². The van der Waals surface area contributed by atoms with Crippen LogP contribution in [0.2, 0.25) is 0 Å². The molecule has 0 amide bonds. The van der Waals surface area contributed by atoms with Gasteiger partial charge in [-0.15, -0.1) is 11.3 Å². The number of benzene rings is 15. The van der Waals surface area contributed by atoms with Crippen LogP contribution in [0.3, 0.4) is 0 Å². The SMILES string of the molecule is CC1(C)c2ccccc2-c2ccc(-c3ccc(-c4ccc(-c5nc(-c6ccccc6)nc(-c6ccccc6)n5)c5ccccc45)c4oc5ccccc5c34)cc21.c1ccc(-c2ccc(-c3ccc(-c4ccccc4-c4cc(-c5ccccc5)nc(-c5ccccc5)n4)c4sc5ccccc5c34)cc2)cc1. The van der Waals surface area contributed by atoms with Gasteiger partial charge < -0.3 is 4.42 Å². The minimum Gasteiger partial charge on any atom is -0.455 e. The quantitative estimate of drug-likeness (QED) is 0.128. The Morgan fingerprint density at radius 1 is 0.248 bits per heavy atom. The maximum absolute atomic E-state index is 6.84. The van der Waals surface area contributed by atoms with Crippen LogP contribution < -0.4 is 0 Å². The van der Waals surface area contributed by atoms with Crippen molar-refractivity contribution in [3.8, 4) is 135 Å². The van der Waals surface area contributed by atoms with Crippen LogP contribution >= 0.6 is 11.3 Å². The zero-order valence-electron chi connectivity index (χ0n) is 57.6. The molecule has 1 aliphatic rings. The maximum atomic E-state index is 6.84. The summed E-state index contributed by atoms with van der Waals surface area (Å²) in [4.78, 5) is 25.3. The number of aromatic nitrogens is 5. The smallest absolute Gasteiger partial charge is 0.164 e. The van der Waals surface area contributed by atoms with E-state index < -0.39 is 0 Å². The zero-order chi connectivity index (χ0) is 70.0. The van der Waals surface area contributed by atoms with Crippen LogP contribution in [0.5, 0.6) is 0 Å². The summed E-state index contributed by atoms with van der Waals surface area (Å²) in [6.07, 6.45) is 0. The van der Waals surface area contributed by atoms with Crippen molar-refractivity contribution in [2.45, 2.75) is 19.3 Å². The fourth-order valence-corrected chi connectivity index (χ4v) is 16.8. The van der Waals surface area contributed by atoms with Crippen LogP contribution in [0.25, 0.3) is 188 Å². The Morgan fingerprint density at radius 3 is 1.34 bits per heavy atom. The monoisotopic (exact) mass is 1360 g/mol. The summed E-state index contributed by atoms with van der Waals surface area (Å²) in [6, 6.07) is 126. The first kappa shape index (κ1) is 62.7. The molecule has 6 nitrogen and oxygen atoms in total. The Kier molecular flexibility index (Phi) is 15.7. The molecule has 0 atom stereocenters. The topological polar surface area (TPSA) is 77.6 Å². The zero-order valence-corrected chi connectivity index (χ0v) is 58.4. The second-order valence-corrected chi connectivity index (χ2v) is 28.3. The highest BCUT2D eigenvalue weighted by molar-refractivity contribution is 7.26. The summed E-state index contributed by atoms with van der Waals surface area (Å²) in [5.41, 5.74) is 26.5. The molecule has 20 rings (SSSR count). The van der Waals surface area contributed by atoms with Crippen LogP contribution in [0.1, 0.15) is 25.0 Å². The summed E-state index contributed by atoms with van der Waals surface area (Å²) in [5.74, 6) is 2.63. The van der Waals surface area contributed by atoms with Gasteiger partial charge >= 0.3 is 0 Å². The number of hydrogen-bond donors (Lipinski definition) is 0. The molecule has 105 heavy (non-hydrogen) atoms. The molecule has 0 aliphatic heterocycles. The highest BCUT2D eigenvalue weighted by atomic mass is 32.1. The van der Waals surface area contributed by atoms with E-state index >= 15 is 0 Å². The maximum Gasteiger partial charge on any atom is 0.164 e. The molecule has 0 radical (unpaired) electrons. The second-order valence-electron chi connectivity index (χ2n) is 27.3. The summed E-state index contributed by atoms with van der Waals surface area (Å²) < 4.78 is 9.40. The molecule has 19 aromatic rings. The van der Waals surface area contributed by atoms with E-state index in [1.54, 1.807) is 0 Å². The van der Waals surface area contributed by atoms with Crippen LogP contribution in [-0.2, 0) is 5.41 Å². The number of thiophene rings is 1. The minimum atomic E-state index is -0.0949. The van der Waals surface area contributed by atoms with E-state index in [4.69, 9.17) is 29.3 Å². The molecule has 0 bridgehead atoms. The van der Waals surface area contributed by atoms with Crippen molar-refractivity contribution in [3.63, 3.8) is 0 Å². The van der Waals surface area contributed by atoms with Crippen molar-refractivity contribution in [1.82, 2.24) is 24.9 Å². The van der Waals surface area contributed by atoms with E-state index in [0.717, 1.165) is 99.7 Å². The van der Waals surface area contributed by atoms with Gasteiger partial charge in [-0.1, -0.05) is 335 Å². The minimum absolute atomic E-state index is 0.0949. The average molecular weight is 1360 g/mol. The highest BCUT2D eigenvalue weighted by Gasteiger charge is 2.36. The average Bonchev–Trinajstić information content (AvgIpc) is 1.61. The van der Waals surface area contributed by atoms with Crippen molar-refractivity contribution in [3.05, 3.63) is 369 Å². The molecule has 0 N–H and O–H groups in total. The Hall–Kier alpha value is -13.3. The number of para-hydroxylation sites is 1. The molecule has 0 spiro atoms. The van der Waals surface area contributed by atoms with Gasteiger partial charge in [-0.25, -0.2) is 24.9 Å². The van der Waals surface area contributed by atoms with Crippen molar-refractivity contribution in [1.29, 1.82) is 0 Å². The summed E-state index contributed by atoms with van der Waals surface area (Å²) >= 11 is 1.86. The molecule has 0 saturated heterocycles. The van der Waals surface area contributed by atoms with E-state index in [1.165, 1.54) is 75.8 Å². The largest absolute Gasteiger partial charge is 0.455 e. The molecule has 15 aromatic carbocycles. The normalized spacial score (nSPS) is 12.2. The molecular formula is C98H65N5OS. The molecule has 4 heterocycles. The number of nitrogens with zero attached hydrogens (tertiary/aromatic N) is 5. The standard InChI is InChI=1S/C52H35N3O.C46H30N2S/c1-52(2)44-23-13-11-21-39(44)40-26-25-34(31-45(40)52)35-27-29-41(48-47(35)43-22-12-14-24-46(43)56-48)38-28-30-42(37-20-10-9-19-36(37)38)51-54-49(32-15-5-3-6-16-32)53-50(55-51)33-17-7-4-8-18-33;1-4-14-31(15-5-1)32-24-26-33(27-25-32)36-28-29-39(45-44(36)40-22-12-13-23-43(40)49-45)37-20-10-11-21-38(37)42-30-41(34-16-6-2-7-17-34)47-46(48-42)35-18-8-3-9-19-35/h3-31H,1-2H3;1-30H. The fourth-order valence-electron chi connectivity index (χ4n) is 15.6. The summed E-state index contributed by atoms with van der Waals surface area (Å²) in [7, 11) is 0. The van der Waals surface area contributed by atoms with Gasteiger partial charge in [0.25, 0.3) is 0 Å². The molecule has 494 valence electrons. The first-order chi connectivity index (χ1) is 51.8. The Morgan fingerprint density at radius 2 is 0.676 bits per heavy atom. The third-order valence-electron chi connectivity index (χ3n) is 20.7. The van der Waals surface area contributed by atoms with Crippen LogP contribution in [-0.4, -0.2) is 24.9 Å². The van der Waals surface area contributed by atoms with E-state index in [2.05, 4.69) is 281 Å². The number of rotatable bonds is 11. The van der Waals surface area contributed by atoms with Crippen molar-refractivity contribution in [2.24, 2.45) is 0 Å². The Bertz CT molecular complexity index is 6410. The first-order valence-corrected chi connectivity index (χ1v) is 36.4. The van der Waals surface area contributed by atoms with Crippen LogP contribution in [0.4, 0.5) is 0 Å². The Labute approximate surface area is 612 Å². The second kappa shape index (κ2) is 26.2. The molecule has 0 saturated carbocycles. The van der Waals surface area contributed by atoms with Crippen LogP contribution in [0, 0.1) is 0 Å². The lowest BCUT2D eigenvalue weighted by molar-refractivity contribution is 0.660. The van der Waals surface area contributed by atoms with Gasteiger partial charge in [-0.05, 0) is 114 Å². The van der Waals surface area contributed by atoms with Crippen LogP contribution in [0.15, 0.2) is 362 Å². The van der Waals surface area contributed by atoms with E-state index in [9.17, 15) is 0 Å². The summed E-state index contributed by atoms with van der Waals surface area (Å²) in [6.45, 7) is 4.67. The van der Waals surface area contributed by atoms with Gasteiger partial charge in [0.1, 0.15) is 11.2 Å². The molecule has 7 heteroatoms. The lowest BCUT2D eigenvalue weighted by atomic mass is 9.81. The van der Waals surface area contributed by atoms with Gasteiger partial charge in [0.2, 0.25) is 0 Å². The van der Waals surface area contributed by atoms with E-state index in [1.807, 2.05) is 102 Å². The lowest BCUT2D eigenvalue weighted by Crippen LogP contribution is -2.14. The third-order valence-corrected chi connectivity index (χ3v) is 21.9. The van der Waals surface area contributed by atoms with Gasteiger partial charge in [0.05, 0.1) is 11.4 Å². The molecule has 0 unspecified atom stereocenters. The predicted octanol–water partition coefficient (Wildman–Crippen LogP) is 26.4. The Balaban J connectivity index is 0.000000145. The van der Waals surface area contributed by atoms with Gasteiger partial charge in [0.15, 0.2) is 23.3 Å². The first-order valence-electron chi connectivity index (χ1n) is 35.6. The fraction of sp³-hybridized carbons (Fsp3) is 0.0306. The van der Waals surface area contributed by atoms with Crippen molar-refractivity contribution >= 4 is 64.2 Å². The van der Waals surface area contributed by atoms with Gasteiger partial charge in [-0.3, -0.25) is 0 Å². The predicted molar refractivity (Wildman–Crippen MR) is 437 cm³/mol.